The first-order valence-electron chi connectivity index (χ1n) is 12.0. The van der Waals surface area contributed by atoms with Gasteiger partial charge in [-0.05, 0) is 34.9 Å². The van der Waals surface area contributed by atoms with Gasteiger partial charge in [0.15, 0.2) is 0 Å². The first kappa shape index (κ1) is 24.8. The van der Waals surface area contributed by atoms with Crippen LogP contribution in [0, 0.1) is 0 Å². The van der Waals surface area contributed by atoms with Crippen molar-refractivity contribution in [3.05, 3.63) is 88.6 Å². The molecule has 0 radical (unpaired) electrons. The normalized spacial score (nSPS) is 18.7. The lowest BCUT2D eigenvalue weighted by Gasteiger charge is -2.28. The summed E-state index contributed by atoms with van der Waals surface area (Å²) in [5.74, 6) is -0.141. The molecule has 3 heterocycles. The molecule has 2 aliphatic heterocycles. The van der Waals surface area contributed by atoms with Crippen LogP contribution < -0.4 is 16.2 Å². The van der Waals surface area contributed by atoms with Crippen LogP contribution in [0.5, 0.6) is 5.75 Å². The van der Waals surface area contributed by atoms with Crippen LogP contribution in [-0.4, -0.2) is 54.1 Å². The van der Waals surface area contributed by atoms with Crippen LogP contribution in [0.15, 0.2) is 66.9 Å². The lowest BCUT2D eigenvalue weighted by Crippen LogP contribution is -2.40. The van der Waals surface area contributed by atoms with Crippen molar-refractivity contribution in [1.82, 2.24) is 9.88 Å². The molecule has 4 N–H and O–H groups in total. The molecule has 2 amide bonds. The van der Waals surface area contributed by atoms with E-state index in [1.165, 1.54) is 0 Å². The van der Waals surface area contributed by atoms with Crippen molar-refractivity contribution < 1.29 is 19.1 Å². The number of carbonyl (C=O) groups excluding carboxylic acids is 2. The lowest BCUT2D eigenvalue weighted by atomic mass is 9.81. The molecule has 0 saturated carbocycles. The third kappa shape index (κ3) is 4.77. The van der Waals surface area contributed by atoms with Crippen molar-refractivity contribution in [3.63, 3.8) is 0 Å². The first-order valence-corrected chi connectivity index (χ1v) is 12.4. The smallest absolute Gasteiger partial charge is 0.254 e. The number of ether oxygens (including phenoxy) is 2. The fourth-order valence-corrected chi connectivity index (χ4v) is 5.18. The van der Waals surface area contributed by atoms with Gasteiger partial charge >= 0.3 is 0 Å². The highest BCUT2D eigenvalue weighted by molar-refractivity contribution is 6.32. The summed E-state index contributed by atoms with van der Waals surface area (Å²) in [4.78, 5) is 31.5. The number of nitrogens with zero attached hydrogens (tertiary/aromatic N) is 2. The Morgan fingerprint density at radius 2 is 1.84 bits per heavy atom. The average molecular weight is 519 g/mol. The Balaban J connectivity index is 1.66. The Bertz CT molecular complexity index is 1370. The SMILES string of the molecule is C=C(CC1Oc2c(Cl)ccc(-c3ccccc3C(=O)N3CCOCC3)c2C1c1ccc(N)nc1)C(N)=O. The van der Waals surface area contributed by atoms with Crippen LogP contribution >= 0.6 is 11.6 Å². The summed E-state index contributed by atoms with van der Waals surface area (Å²) in [6.07, 6.45) is 1.37. The zero-order chi connectivity index (χ0) is 26.1. The van der Waals surface area contributed by atoms with Gasteiger partial charge in [-0.25, -0.2) is 4.98 Å². The lowest BCUT2D eigenvalue weighted by molar-refractivity contribution is -0.114. The Hall–Kier alpha value is -3.88. The van der Waals surface area contributed by atoms with Crippen LogP contribution in [-0.2, 0) is 9.53 Å². The number of hydrogen-bond acceptors (Lipinski definition) is 6. The molecule has 2 aliphatic rings. The predicted octanol–water partition coefficient (Wildman–Crippen LogP) is 3.78. The molecule has 2 atom stereocenters. The van der Waals surface area contributed by atoms with Gasteiger partial charge in [0, 0.05) is 42.4 Å². The number of fused-ring (bicyclic) bond motifs is 1. The van der Waals surface area contributed by atoms with E-state index in [1.807, 2.05) is 36.4 Å². The molecule has 37 heavy (non-hydrogen) atoms. The topological polar surface area (TPSA) is 121 Å². The summed E-state index contributed by atoms with van der Waals surface area (Å²) >= 11 is 6.63. The maximum absolute atomic E-state index is 13.6. The molecule has 9 heteroatoms. The zero-order valence-electron chi connectivity index (χ0n) is 20.2. The van der Waals surface area contributed by atoms with Gasteiger partial charge in [0.1, 0.15) is 17.7 Å². The number of pyridine rings is 1. The number of aromatic nitrogens is 1. The van der Waals surface area contributed by atoms with Crippen molar-refractivity contribution >= 4 is 29.2 Å². The van der Waals surface area contributed by atoms with Gasteiger partial charge in [-0.3, -0.25) is 9.59 Å². The molecule has 8 nitrogen and oxygen atoms in total. The summed E-state index contributed by atoms with van der Waals surface area (Å²) in [7, 11) is 0. The maximum atomic E-state index is 13.6. The molecule has 0 aliphatic carbocycles. The standard InChI is InChI=1S/C28H27ClN4O4/c1-16(27(31)34)14-22-24(17-6-9-23(30)32-15-17)25-19(7-8-21(29)26(25)37-22)18-4-2-3-5-20(18)28(35)33-10-12-36-13-11-33/h2-9,15,22,24H,1,10-14H2,(H2,30,32)(H2,31,34). The number of morpholine rings is 1. The Morgan fingerprint density at radius 3 is 2.54 bits per heavy atom. The summed E-state index contributed by atoms with van der Waals surface area (Å²) in [5, 5.41) is 0.427. The Labute approximate surface area is 219 Å². The van der Waals surface area contributed by atoms with E-state index in [2.05, 4.69) is 11.6 Å². The van der Waals surface area contributed by atoms with E-state index in [4.69, 9.17) is 32.5 Å². The van der Waals surface area contributed by atoms with Crippen molar-refractivity contribution in [2.45, 2.75) is 18.4 Å². The summed E-state index contributed by atoms with van der Waals surface area (Å²) in [5.41, 5.74) is 15.4. The quantitative estimate of drug-likeness (QED) is 0.479. The van der Waals surface area contributed by atoms with E-state index in [9.17, 15) is 9.59 Å². The van der Waals surface area contributed by atoms with Crippen LogP contribution in [0.25, 0.3) is 11.1 Å². The molecule has 2 unspecified atom stereocenters. The highest BCUT2D eigenvalue weighted by Gasteiger charge is 2.40. The number of anilines is 1. The minimum absolute atomic E-state index is 0.0640. The van der Waals surface area contributed by atoms with Crippen LogP contribution in [0.3, 0.4) is 0 Å². The number of primary amides is 1. The fourth-order valence-electron chi connectivity index (χ4n) is 4.97. The molecule has 0 spiro atoms. The number of rotatable bonds is 6. The molecular weight excluding hydrogens is 492 g/mol. The van der Waals surface area contributed by atoms with Crippen molar-refractivity contribution in [2.75, 3.05) is 32.0 Å². The molecular formula is C28H27ClN4O4. The van der Waals surface area contributed by atoms with Crippen LogP contribution in [0.2, 0.25) is 5.02 Å². The van der Waals surface area contributed by atoms with E-state index in [0.29, 0.717) is 48.5 Å². The number of benzene rings is 2. The highest BCUT2D eigenvalue weighted by atomic mass is 35.5. The minimum atomic E-state index is -0.596. The number of hydrogen-bond donors (Lipinski definition) is 2. The van der Waals surface area contributed by atoms with E-state index < -0.39 is 12.0 Å². The van der Waals surface area contributed by atoms with Crippen LogP contribution in [0.1, 0.15) is 33.8 Å². The molecule has 2 aromatic carbocycles. The Kier molecular flexibility index (Phi) is 6.86. The first-order chi connectivity index (χ1) is 17.8. The molecule has 3 aromatic rings. The zero-order valence-corrected chi connectivity index (χ0v) is 20.9. The minimum Gasteiger partial charge on any atom is -0.487 e. The third-order valence-electron chi connectivity index (χ3n) is 6.81. The third-order valence-corrected chi connectivity index (χ3v) is 7.11. The van der Waals surface area contributed by atoms with Gasteiger partial charge in [0.05, 0.1) is 24.2 Å². The summed E-state index contributed by atoms with van der Waals surface area (Å²) in [6.45, 7) is 5.92. The van der Waals surface area contributed by atoms with Crippen LogP contribution in [0.4, 0.5) is 5.82 Å². The van der Waals surface area contributed by atoms with Gasteiger partial charge in [-0.1, -0.05) is 48.5 Å². The molecule has 5 rings (SSSR count). The second kappa shape index (κ2) is 10.2. The molecule has 1 saturated heterocycles. The molecule has 190 valence electrons. The number of nitrogen functional groups attached to an aromatic ring is 1. The second-order valence-electron chi connectivity index (χ2n) is 9.11. The van der Waals surface area contributed by atoms with Gasteiger partial charge in [-0.2, -0.15) is 0 Å². The average Bonchev–Trinajstić information content (AvgIpc) is 3.29. The summed E-state index contributed by atoms with van der Waals surface area (Å²) < 4.78 is 11.8. The van der Waals surface area contributed by atoms with Crippen molar-refractivity contribution in [2.24, 2.45) is 5.73 Å². The van der Waals surface area contributed by atoms with Gasteiger partial charge < -0.3 is 25.8 Å². The number of amides is 2. The van der Waals surface area contributed by atoms with Gasteiger partial charge in [0.2, 0.25) is 5.91 Å². The Morgan fingerprint density at radius 1 is 1.08 bits per heavy atom. The van der Waals surface area contributed by atoms with Gasteiger partial charge in [0.25, 0.3) is 5.91 Å². The van der Waals surface area contributed by atoms with Crippen molar-refractivity contribution in [3.8, 4) is 16.9 Å². The number of carbonyl (C=O) groups is 2. The second-order valence-corrected chi connectivity index (χ2v) is 9.52. The van der Waals surface area contributed by atoms with E-state index in [1.54, 1.807) is 23.2 Å². The maximum Gasteiger partial charge on any atom is 0.254 e. The molecule has 1 aromatic heterocycles. The number of nitrogens with two attached hydrogens (primary N) is 2. The summed E-state index contributed by atoms with van der Waals surface area (Å²) in [6, 6.07) is 14.8. The predicted molar refractivity (Wildman–Crippen MR) is 141 cm³/mol. The van der Waals surface area contributed by atoms with Gasteiger partial charge in [-0.15, -0.1) is 0 Å². The highest BCUT2D eigenvalue weighted by Crippen LogP contribution is 2.52. The van der Waals surface area contributed by atoms with E-state index >= 15 is 0 Å². The van der Waals surface area contributed by atoms with E-state index in [-0.39, 0.29) is 23.8 Å². The van der Waals surface area contributed by atoms with Crippen molar-refractivity contribution in [1.29, 1.82) is 0 Å². The monoisotopic (exact) mass is 518 g/mol. The number of halogens is 1. The fraction of sp³-hybridized carbons (Fsp3) is 0.250. The molecule has 0 bridgehead atoms. The molecule has 1 fully saturated rings. The largest absolute Gasteiger partial charge is 0.487 e. The van der Waals surface area contributed by atoms with E-state index in [0.717, 1.165) is 22.3 Å².